The molecule has 1 aromatic rings. The Morgan fingerprint density at radius 1 is 1.50 bits per heavy atom. The minimum Gasteiger partial charge on any atom is -0.339 e. The van der Waals surface area contributed by atoms with Gasteiger partial charge in [0.15, 0.2) is 5.82 Å². The number of aromatic nitrogens is 2. The van der Waals surface area contributed by atoms with Gasteiger partial charge in [0.05, 0.1) is 12.3 Å². The maximum atomic E-state index is 11.1. The third-order valence-electron chi connectivity index (χ3n) is 3.38. The molecular formula is C12H22N4O3S. The Bertz CT molecular complexity index is 541. The van der Waals surface area contributed by atoms with E-state index < -0.39 is 10.0 Å². The summed E-state index contributed by atoms with van der Waals surface area (Å²) in [5.41, 5.74) is 0. The van der Waals surface area contributed by atoms with Crippen molar-refractivity contribution in [2.24, 2.45) is 0 Å². The Labute approximate surface area is 119 Å². The van der Waals surface area contributed by atoms with Crippen LogP contribution in [0.15, 0.2) is 4.52 Å². The van der Waals surface area contributed by atoms with Crippen LogP contribution in [-0.4, -0.2) is 49.3 Å². The SMILES string of the molecule is CC(C)c1nc([C@@H]2CCCN2CCNS(C)(=O)=O)no1. The molecule has 1 N–H and O–H groups in total. The lowest BCUT2D eigenvalue weighted by Gasteiger charge is -2.21. The van der Waals surface area contributed by atoms with Gasteiger partial charge < -0.3 is 4.52 Å². The predicted octanol–water partition coefficient (Wildman–Crippen LogP) is 0.879. The van der Waals surface area contributed by atoms with Crippen molar-refractivity contribution in [3.8, 4) is 0 Å². The van der Waals surface area contributed by atoms with Gasteiger partial charge in [-0.15, -0.1) is 0 Å². The topological polar surface area (TPSA) is 88.3 Å². The fraction of sp³-hybridized carbons (Fsp3) is 0.833. The first-order chi connectivity index (χ1) is 9.37. The largest absolute Gasteiger partial charge is 0.339 e. The van der Waals surface area contributed by atoms with Crippen LogP contribution in [-0.2, 0) is 10.0 Å². The highest BCUT2D eigenvalue weighted by atomic mass is 32.2. The molecule has 0 saturated carbocycles. The summed E-state index contributed by atoms with van der Waals surface area (Å²) in [4.78, 5) is 6.64. The van der Waals surface area contributed by atoms with E-state index >= 15 is 0 Å². The highest BCUT2D eigenvalue weighted by Crippen LogP contribution is 2.30. The molecule has 8 heteroatoms. The first-order valence-electron chi connectivity index (χ1n) is 6.89. The van der Waals surface area contributed by atoms with Crippen LogP contribution in [0.1, 0.15) is 50.4 Å². The third-order valence-corrected chi connectivity index (χ3v) is 4.10. The fourth-order valence-corrected chi connectivity index (χ4v) is 2.84. The van der Waals surface area contributed by atoms with Crippen molar-refractivity contribution in [3.05, 3.63) is 11.7 Å². The van der Waals surface area contributed by atoms with Gasteiger partial charge in [-0.25, -0.2) is 13.1 Å². The molecule has 0 unspecified atom stereocenters. The molecule has 1 aliphatic rings. The van der Waals surface area contributed by atoms with Crippen LogP contribution in [0.2, 0.25) is 0 Å². The number of nitrogens with zero attached hydrogens (tertiary/aromatic N) is 3. The van der Waals surface area contributed by atoms with Crippen molar-refractivity contribution in [2.45, 2.75) is 38.6 Å². The van der Waals surface area contributed by atoms with E-state index in [0.29, 0.717) is 24.8 Å². The van der Waals surface area contributed by atoms with Crippen molar-refractivity contribution >= 4 is 10.0 Å². The number of hydrogen-bond donors (Lipinski definition) is 1. The molecule has 0 amide bonds. The molecule has 114 valence electrons. The van der Waals surface area contributed by atoms with Gasteiger partial charge in [0.1, 0.15) is 0 Å². The Hall–Kier alpha value is -0.990. The molecule has 2 rings (SSSR count). The molecule has 2 heterocycles. The summed E-state index contributed by atoms with van der Waals surface area (Å²) < 4.78 is 29.9. The van der Waals surface area contributed by atoms with Gasteiger partial charge >= 0.3 is 0 Å². The normalized spacial score (nSPS) is 20.9. The Kier molecular flexibility index (Phi) is 4.77. The zero-order valence-electron chi connectivity index (χ0n) is 12.2. The molecule has 0 aromatic carbocycles. The van der Waals surface area contributed by atoms with Crippen LogP contribution < -0.4 is 4.72 Å². The van der Waals surface area contributed by atoms with Crippen molar-refractivity contribution in [3.63, 3.8) is 0 Å². The van der Waals surface area contributed by atoms with E-state index in [2.05, 4.69) is 19.8 Å². The van der Waals surface area contributed by atoms with Crippen LogP contribution in [0, 0.1) is 0 Å². The van der Waals surface area contributed by atoms with Gasteiger partial charge in [-0.1, -0.05) is 19.0 Å². The molecule has 7 nitrogen and oxygen atoms in total. The summed E-state index contributed by atoms with van der Waals surface area (Å²) in [5, 5.41) is 4.06. The lowest BCUT2D eigenvalue weighted by molar-refractivity contribution is 0.246. The maximum absolute atomic E-state index is 11.1. The van der Waals surface area contributed by atoms with E-state index in [9.17, 15) is 8.42 Å². The molecule has 1 saturated heterocycles. The van der Waals surface area contributed by atoms with E-state index in [1.54, 1.807) is 0 Å². The molecule has 1 aromatic heterocycles. The average molecular weight is 302 g/mol. The maximum Gasteiger partial charge on any atom is 0.229 e. The summed E-state index contributed by atoms with van der Waals surface area (Å²) in [5.74, 6) is 1.59. The van der Waals surface area contributed by atoms with E-state index in [4.69, 9.17) is 4.52 Å². The Morgan fingerprint density at radius 3 is 2.85 bits per heavy atom. The fourth-order valence-electron chi connectivity index (χ4n) is 2.38. The molecular weight excluding hydrogens is 280 g/mol. The van der Waals surface area contributed by atoms with Gasteiger partial charge in [-0.2, -0.15) is 4.98 Å². The predicted molar refractivity (Wildman–Crippen MR) is 74.8 cm³/mol. The number of sulfonamides is 1. The quantitative estimate of drug-likeness (QED) is 0.839. The summed E-state index contributed by atoms with van der Waals surface area (Å²) in [7, 11) is -3.13. The molecule has 0 radical (unpaired) electrons. The Morgan fingerprint density at radius 2 is 2.25 bits per heavy atom. The standard InChI is InChI=1S/C12H22N4O3S/c1-9(2)12-14-11(15-19-12)10-5-4-7-16(10)8-6-13-20(3,17)18/h9-10,13H,4-8H2,1-3H3/t10-/m0/s1. The third kappa shape index (κ3) is 4.00. The summed E-state index contributed by atoms with van der Waals surface area (Å²) in [6.45, 7) is 6.02. The van der Waals surface area contributed by atoms with Crippen LogP contribution in [0.25, 0.3) is 0 Å². The second-order valence-electron chi connectivity index (χ2n) is 5.51. The number of nitrogens with one attached hydrogen (secondary N) is 1. The van der Waals surface area contributed by atoms with Crippen LogP contribution in [0.3, 0.4) is 0 Å². The minimum atomic E-state index is -3.13. The highest BCUT2D eigenvalue weighted by molar-refractivity contribution is 7.88. The first kappa shape index (κ1) is 15.4. The van der Waals surface area contributed by atoms with Gasteiger partial charge in [-0.05, 0) is 19.4 Å². The average Bonchev–Trinajstić information content (AvgIpc) is 2.93. The first-order valence-corrected chi connectivity index (χ1v) is 8.78. The zero-order valence-corrected chi connectivity index (χ0v) is 13.0. The van der Waals surface area contributed by atoms with Crippen LogP contribution in [0.5, 0.6) is 0 Å². The lowest BCUT2D eigenvalue weighted by atomic mass is 10.2. The minimum absolute atomic E-state index is 0.132. The van der Waals surface area contributed by atoms with Crippen LogP contribution in [0.4, 0.5) is 0 Å². The Balaban J connectivity index is 1.96. The summed E-state index contributed by atoms with van der Waals surface area (Å²) in [6.07, 6.45) is 3.22. The second-order valence-corrected chi connectivity index (χ2v) is 7.34. The van der Waals surface area contributed by atoms with Gasteiger partial charge in [0.2, 0.25) is 15.9 Å². The molecule has 1 fully saturated rings. The van der Waals surface area contributed by atoms with Crippen LogP contribution >= 0.6 is 0 Å². The summed E-state index contributed by atoms with van der Waals surface area (Å²) in [6, 6.07) is 0.132. The zero-order chi connectivity index (χ0) is 14.8. The molecule has 1 aliphatic heterocycles. The molecule has 1 atom stereocenters. The van der Waals surface area contributed by atoms with E-state index in [1.165, 1.54) is 6.26 Å². The second kappa shape index (κ2) is 6.19. The van der Waals surface area contributed by atoms with E-state index in [-0.39, 0.29) is 12.0 Å². The molecule has 20 heavy (non-hydrogen) atoms. The smallest absolute Gasteiger partial charge is 0.229 e. The molecule has 0 bridgehead atoms. The van der Waals surface area contributed by atoms with Gasteiger partial charge in [-0.3, -0.25) is 4.90 Å². The van der Waals surface area contributed by atoms with E-state index in [0.717, 1.165) is 19.4 Å². The van der Waals surface area contributed by atoms with Crippen molar-refractivity contribution in [1.82, 2.24) is 19.8 Å². The summed E-state index contributed by atoms with van der Waals surface area (Å²) >= 11 is 0. The molecule has 0 aliphatic carbocycles. The van der Waals surface area contributed by atoms with E-state index in [1.807, 2.05) is 13.8 Å². The highest BCUT2D eigenvalue weighted by Gasteiger charge is 2.30. The van der Waals surface area contributed by atoms with Crippen molar-refractivity contribution in [1.29, 1.82) is 0 Å². The monoisotopic (exact) mass is 302 g/mol. The number of rotatable bonds is 6. The number of likely N-dealkylation sites (tertiary alicyclic amines) is 1. The van der Waals surface area contributed by atoms with Gasteiger partial charge in [0, 0.05) is 19.0 Å². The van der Waals surface area contributed by atoms with Crippen molar-refractivity contribution < 1.29 is 12.9 Å². The lowest BCUT2D eigenvalue weighted by Crippen LogP contribution is -2.34. The molecule has 0 spiro atoms. The van der Waals surface area contributed by atoms with Crippen molar-refractivity contribution in [2.75, 3.05) is 25.9 Å². The number of hydrogen-bond acceptors (Lipinski definition) is 6. The van der Waals surface area contributed by atoms with Gasteiger partial charge in [0.25, 0.3) is 0 Å².